The lowest BCUT2D eigenvalue weighted by Crippen LogP contribution is -1.82. The molecule has 5 heteroatoms. The van der Waals surface area contributed by atoms with E-state index in [0.29, 0.717) is 0 Å². The van der Waals surface area contributed by atoms with Crippen LogP contribution in [0.25, 0.3) is 0 Å². The zero-order valence-electron chi connectivity index (χ0n) is 5.69. The Kier molecular flexibility index (Phi) is 16.4. The van der Waals surface area contributed by atoms with E-state index in [2.05, 4.69) is 13.2 Å². The van der Waals surface area contributed by atoms with Gasteiger partial charge in [-0.15, -0.1) is 0 Å². The van der Waals surface area contributed by atoms with Crippen LogP contribution in [0.5, 0.6) is 0 Å². The van der Waals surface area contributed by atoms with E-state index in [0.717, 1.165) is 12.2 Å². The van der Waals surface area contributed by atoms with Gasteiger partial charge < -0.3 is 10.2 Å². The summed E-state index contributed by atoms with van der Waals surface area (Å²) in [5.41, 5.74) is 0. The average molecular weight is 164 g/mol. The summed E-state index contributed by atoms with van der Waals surface area (Å²) in [6.07, 6.45) is 1.67. The maximum atomic E-state index is 9.25. The molecule has 0 radical (unpaired) electrons. The van der Waals surface area contributed by atoms with Gasteiger partial charge in [0.1, 0.15) is 0 Å². The third-order valence-electron chi connectivity index (χ3n) is 0.349. The zero-order valence-corrected chi connectivity index (χ0v) is 5.69. The highest BCUT2D eigenvalue weighted by Crippen LogP contribution is 1.55. The minimum atomic E-state index is -0.981. The molecule has 11 heavy (non-hydrogen) atoms. The second-order valence-corrected chi connectivity index (χ2v) is 1.08. The van der Waals surface area contributed by atoms with Crippen LogP contribution in [-0.4, -0.2) is 22.2 Å². The van der Waals surface area contributed by atoms with Crippen molar-refractivity contribution in [3.8, 4) is 0 Å². The Hall–Kier alpha value is -1.65. The van der Waals surface area contributed by atoms with Crippen LogP contribution in [0.1, 0.15) is 0 Å². The number of hydrogen-bond acceptors (Lipinski definition) is 2. The van der Waals surface area contributed by atoms with E-state index in [1.54, 1.807) is 0 Å². The third kappa shape index (κ3) is 61.0. The minimum absolute atomic E-state index is 0. The summed E-state index contributed by atoms with van der Waals surface area (Å²) >= 11 is 0. The fourth-order valence-electron chi connectivity index (χ4n) is 0. The minimum Gasteiger partial charge on any atom is -0.478 e. The molecule has 0 fully saturated rings. The van der Waals surface area contributed by atoms with Gasteiger partial charge in [-0.2, -0.15) is 0 Å². The SMILES string of the molecule is C=CC(=O)O.C=CC(=O)O.F. The molecule has 64 valence electrons. The van der Waals surface area contributed by atoms with Crippen molar-refractivity contribution in [1.82, 2.24) is 0 Å². The van der Waals surface area contributed by atoms with Gasteiger partial charge in [0.2, 0.25) is 0 Å². The van der Waals surface area contributed by atoms with Gasteiger partial charge in [-0.05, 0) is 0 Å². The van der Waals surface area contributed by atoms with E-state index < -0.39 is 11.9 Å². The highest BCUT2D eigenvalue weighted by atomic mass is 19.0. The fraction of sp³-hybridized carbons (Fsp3) is 0. The predicted octanol–water partition coefficient (Wildman–Crippen LogP) is 0.667. The van der Waals surface area contributed by atoms with Gasteiger partial charge in [0.25, 0.3) is 0 Å². The molecule has 0 aliphatic carbocycles. The molecule has 0 heterocycles. The van der Waals surface area contributed by atoms with Crippen molar-refractivity contribution >= 4 is 11.9 Å². The third-order valence-corrected chi connectivity index (χ3v) is 0.349. The molecule has 0 saturated heterocycles. The smallest absolute Gasteiger partial charge is 0.327 e. The Morgan fingerprint density at radius 2 is 1.09 bits per heavy atom. The summed E-state index contributed by atoms with van der Waals surface area (Å²) < 4.78 is 0. The van der Waals surface area contributed by atoms with Crippen LogP contribution >= 0.6 is 0 Å². The first-order valence-electron chi connectivity index (χ1n) is 2.25. The molecule has 0 bridgehead atoms. The molecule has 0 aliphatic rings. The summed E-state index contributed by atoms with van der Waals surface area (Å²) in [5, 5.41) is 15.2. The lowest BCUT2D eigenvalue weighted by Gasteiger charge is -1.64. The quantitative estimate of drug-likeness (QED) is 0.588. The zero-order chi connectivity index (χ0) is 8.57. The highest BCUT2D eigenvalue weighted by Gasteiger charge is 1.73. The molecule has 0 saturated carbocycles. The van der Waals surface area contributed by atoms with E-state index in [1.165, 1.54) is 0 Å². The van der Waals surface area contributed by atoms with Gasteiger partial charge in [0, 0.05) is 12.2 Å². The van der Waals surface area contributed by atoms with Gasteiger partial charge in [-0.1, -0.05) is 13.2 Å². The summed E-state index contributed by atoms with van der Waals surface area (Å²) in [6, 6.07) is 0. The van der Waals surface area contributed by atoms with Crippen molar-refractivity contribution in [3.05, 3.63) is 25.3 Å². The molecule has 0 unspecified atom stereocenters. The Morgan fingerprint density at radius 3 is 1.09 bits per heavy atom. The van der Waals surface area contributed by atoms with E-state index in [-0.39, 0.29) is 4.70 Å². The van der Waals surface area contributed by atoms with Gasteiger partial charge >= 0.3 is 11.9 Å². The van der Waals surface area contributed by atoms with Crippen LogP contribution in [0.4, 0.5) is 4.70 Å². The number of halogens is 1. The first kappa shape index (κ1) is 16.2. The standard InChI is InChI=1S/2C3H4O2.FH/c2*1-2-3(4)5;/h2*2H,1H2,(H,4,5);1H. The van der Waals surface area contributed by atoms with Gasteiger partial charge in [-0.3, -0.25) is 4.70 Å². The summed E-state index contributed by atoms with van der Waals surface area (Å²) in [5.74, 6) is -1.96. The first-order chi connectivity index (χ1) is 4.54. The van der Waals surface area contributed by atoms with Gasteiger partial charge in [0.05, 0.1) is 0 Å². The lowest BCUT2D eigenvalue weighted by molar-refractivity contribution is -0.132. The van der Waals surface area contributed by atoms with Crippen LogP contribution in [-0.2, 0) is 9.59 Å². The maximum absolute atomic E-state index is 9.25. The first-order valence-corrected chi connectivity index (χ1v) is 2.25. The molecule has 2 N–H and O–H groups in total. The van der Waals surface area contributed by atoms with E-state index in [1.807, 2.05) is 0 Å². The number of carbonyl (C=O) groups is 2. The Balaban J connectivity index is -0.000000107. The molecular formula is C6H9FO4. The number of carboxylic acids is 2. The molecule has 0 rings (SSSR count). The molecule has 0 aromatic heterocycles. The van der Waals surface area contributed by atoms with E-state index in [9.17, 15) is 9.59 Å². The van der Waals surface area contributed by atoms with Crippen molar-refractivity contribution in [2.45, 2.75) is 0 Å². The number of hydrogen-bond donors (Lipinski definition) is 2. The van der Waals surface area contributed by atoms with Crippen molar-refractivity contribution in [3.63, 3.8) is 0 Å². The van der Waals surface area contributed by atoms with Crippen LogP contribution < -0.4 is 0 Å². The number of rotatable bonds is 2. The monoisotopic (exact) mass is 164 g/mol. The van der Waals surface area contributed by atoms with Crippen LogP contribution in [0.2, 0.25) is 0 Å². The van der Waals surface area contributed by atoms with E-state index >= 15 is 0 Å². The molecule has 0 aromatic carbocycles. The fourth-order valence-corrected chi connectivity index (χ4v) is 0. The predicted molar refractivity (Wildman–Crippen MR) is 38.2 cm³/mol. The summed E-state index contributed by atoms with van der Waals surface area (Å²) in [6.45, 7) is 5.92. The van der Waals surface area contributed by atoms with Crippen LogP contribution in [0, 0.1) is 0 Å². The average Bonchev–Trinajstić information content (AvgIpc) is 1.89. The van der Waals surface area contributed by atoms with Gasteiger partial charge in [-0.25, -0.2) is 9.59 Å². The molecule has 0 aromatic rings. The Labute approximate surface area is 62.8 Å². The normalized spacial score (nSPS) is 5.82. The number of aliphatic carboxylic acids is 2. The van der Waals surface area contributed by atoms with Crippen molar-refractivity contribution in [1.29, 1.82) is 0 Å². The second kappa shape index (κ2) is 11.2. The molecular weight excluding hydrogens is 155 g/mol. The maximum Gasteiger partial charge on any atom is 0.327 e. The molecule has 0 amide bonds. The largest absolute Gasteiger partial charge is 0.478 e. The van der Waals surface area contributed by atoms with Crippen molar-refractivity contribution in [2.75, 3.05) is 0 Å². The number of carboxylic acid groups (broad SMARTS) is 2. The molecule has 4 nitrogen and oxygen atoms in total. The van der Waals surface area contributed by atoms with E-state index in [4.69, 9.17) is 10.2 Å². The molecule has 0 atom stereocenters. The summed E-state index contributed by atoms with van der Waals surface area (Å²) in [7, 11) is 0. The second-order valence-electron chi connectivity index (χ2n) is 1.08. The Bertz CT molecular complexity index is 135. The molecule has 0 spiro atoms. The van der Waals surface area contributed by atoms with Crippen molar-refractivity contribution in [2.24, 2.45) is 0 Å². The van der Waals surface area contributed by atoms with Crippen molar-refractivity contribution < 1.29 is 24.5 Å². The highest BCUT2D eigenvalue weighted by molar-refractivity contribution is 5.79. The van der Waals surface area contributed by atoms with Crippen LogP contribution in [0.15, 0.2) is 25.3 Å². The summed E-state index contributed by atoms with van der Waals surface area (Å²) in [4.78, 5) is 18.5. The Morgan fingerprint density at radius 1 is 1.00 bits per heavy atom. The van der Waals surface area contributed by atoms with Gasteiger partial charge in [0.15, 0.2) is 0 Å². The van der Waals surface area contributed by atoms with Crippen LogP contribution in [0.3, 0.4) is 0 Å². The topological polar surface area (TPSA) is 74.6 Å². The lowest BCUT2D eigenvalue weighted by atomic mass is 10.7. The molecule has 0 aliphatic heterocycles.